The van der Waals surface area contributed by atoms with Crippen molar-refractivity contribution < 1.29 is 14.3 Å². The first-order valence-corrected chi connectivity index (χ1v) is 9.81. The molecule has 0 aliphatic carbocycles. The molecule has 0 fully saturated rings. The van der Waals surface area contributed by atoms with Crippen LogP contribution >= 0.6 is 0 Å². The largest absolute Gasteiger partial charge is 0.465 e. The van der Waals surface area contributed by atoms with Gasteiger partial charge in [0.25, 0.3) is 0 Å². The molecule has 0 saturated carbocycles. The van der Waals surface area contributed by atoms with Crippen molar-refractivity contribution in [3.05, 3.63) is 24.3 Å². The van der Waals surface area contributed by atoms with Gasteiger partial charge in [-0.05, 0) is 37.3 Å². The summed E-state index contributed by atoms with van der Waals surface area (Å²) in [6.45, 7) is 10.9. The van der Waals surface area contributed by atoms with Crippen molar-refractivity contribution in [1.29, 1.82) is 0 Å². The second kappa shape index (κ2) is 7.71. The number of hydrogen-bond acceptors (Lipinski definition) is 4. The molecule has 2 atom stereocenters. The predicted octanol–water partition coefficient (Wildman–Crippen LogP) is 3.81. The van der Waals surface area contributed by atoms with Gasteiger partial charge < -0.3 is 9.30 Å². The highest BCUT2D eigenvalue weighted by Crippen LogP contribution is 2.41. The minimum atomic E-state index is -0.845. The molecule has 1 aliphatic heterocycles. The minimum absolute atomic E-state index is 0.0759. The number of rotatable bonds is 6. The number of imidazole rings is 1. The zero-order valence-electron chi connectivity index (χ0n) is 16.8. The van der Waals surface area contributed by atoms with E-state index in [2.05, 4.69) is 18.4 Å². The molecule has 1 aromatic heterocycles. The average molecular weight is 371 g/mol. The molecule has 27 heavy (non-hydrogen) atoms. The lowest BCUT2D eigenvalue weighted by molar-refractivity contribution is -0.154. The van der Waals surface area contributed by atoms with Crippen LogP contribution in [0.5, 0.6) is 0 Å². The van der Waals surface area contributed by atoms with Crippen molar-refractivity contribution in [2.75, 3.05) is 18.1 Å². The number of amides is 1. The molecule has 0 spiro atoms. The lowest BCUT2D eigenvalue weighted by atomic mass is 9.87. The van der Waals surface area contributed by atoms with Crippen LogP contribution in [0.3, 0.4) is 0 Å². The Morgan fingerprint density at radius 1 is 1.22 bits per heavy atom. The monoisotopic (exact) mass is 371 g/mol. The van der Waals surface area contributed by atoms with E-state index in [9.17, 15) is 9.59 Å². The molecule has 1 aliphatic rings. The molecule has 0 radical (unpaired) electrons. The Balaban J connectivity index is 2.19. The van der Waals surface area contributed by atoms with E-state index in [4.69, 9.17) is 9.72 Å². The van der Waals surface area contributed by atoms with Crippen molar-refractivity contribution in [3.8, 4) is 0 Å². The summed E-state index contributed by atoms with van der Waals surface area (Å²) in [6.07, 6.45) is 0.844. The maximum absolute atomic E-state index is 13.4. The van der Waals surface area contributed by atoms with Gasteiger partial charge in [0.2, 0.25) is 11.9 Å². The molecule has 3 rings (SSSR count). The number of carbonyl (C=O) groups excluding carboxylic acids is 2. The van der Waals surface area contributed by atoms with Gasteiger partial charge in [-0.1, -0.05) is 39.8 Å². The van der Waals surface area contributed by atoms with Crippen LogP contribution in [-0.2, 0) is 14.3 Å². The first-order valence-electron chi connectivity index (χ1n) is 9.81. The first kappa shape index (κ1) is 19.4. The highest BCUT2D eigenvalue weighted by Gasteiger charge is 2.48. The third kappa shape index (κ3) is 3.45. The summed E-state index contributed by atoms with van der Waals surface area (Å²) in [6, 6.07) is 7.54. The van der Waals surface area contributed by atoms with Gasteiger partial charge in [-0.2, -0.15) is 0 Å². The number of carbonyl (C=O) groups is 2. The van der Waals surface area contributed by atoms with E-state index in [1.165, 1.54) is 0 Å². The number of ether oxygens (including phenoxy) is 1. The van der Waals surface area contributed by atoms with Crippen LogP contribution in [-0.4, -0.2) is 34.6 Å². The number of fused-ring (bicyclic) bond motifs is 3. The topological polar surface area (TPSA) is 64.4 Å². The SMILES string of the molecule is CCOC(=O)C1C(=O)N(CCC(C)C)c2nc3ccccc3n2C1C(C)C. The Hall–Kier alpha value is -2.37. The second-order valence-electron chi connectivity index (χ2n) is 7.91. The molecular weight excluding hydrogens is 342 g/mol. The maximum Gasteiger partial charge on any atom is 0.320 e. The summed E-state index contributed by atoms with van der Waals surface area (Å²) in [5, 5.41) is 0. The average Bonchev–Trinajstić information content (AvgIpc) is 2.98. The van der Waals surface area contributed by atoms with E-state index in [-0.39, 0.29) is 24.5 Å². The fourth-order valence-corrected chi connectivity index (χ4v) is 3.83. The lowest BCUT2D eigenvalue weighted by Crippen LogP contribution is -2.51. The Kier molecular flexibility index (Phi) is 5.53. The highest BCUT2D eigenvalue weighted by molar-refractivity contribution is 6.08. The Labute approximate surface area is 160 Å². The zero-order chi connectivity index (χ0) is 19.7. The molecule has 1 aromatic carbocycles. The number of para-hydroxylation sites is 2. The van der Waals surface area contributed by atoms with E-state index in [0.717, 1.165) is 17.5 Å². The number of hydrogen-bond donors (Lipinski definition) is 0. The molecular formula is C21H29N3O3. The van der Waals surface area contributed by atoms with Gasteiger partial charge >= 0.3 is 5.97 Å². The van der Waals surface area contributed by atoms with Crippen molar-refractivity contribution in [2.24, 2.45) is 17.8 Å². The van der Waals surface area contributed by atoms with E-state index in [1.807, 2.05) is 38.1 Å². The Morgan fingerprint density at radius 2 is 1.93 bits per heavy atom. The van der Waals surface area contributed by atoms with Crippen molar-refractivity contribution in [3.63, 3.8) is 0 Å². The molecule has 6 heteroatoms. The molecule has 6 nitrogen and oxygen atoms in total. The van der Waals surface area contributed by atoms with Gasteiger partial charge in [0.05, 0.1) is 23.7 Å². The van der Waals surface area contributed by atoms with Gasteiger partial charge in [-0.15, -0.1) is 0 Å². The van der Waals surface area contributed by atoms with Gasteiger partial charge in [0.1, 0.15) is 0 Å². The standard InChI is InChI=1S/C21H29N3O3/c1-6-27-20(26)17-18(14(4)5)24-16-10-8-7-9-15(16)22-21(24)23(19(17)25)12-11-13(2)3/h7-10,13-14,17-18H,6,11-12H2,1-5H3. The molecule has 0 saturated heterocycles. The third-order valence-electron chi connectivity index (χ3n) is 5.14. The summed E-state index contributed by atoms with van der Waals surface area (Å²) >= 11 is 0. The number of esters is 1. The molecule has 2 aromatic rings. The van der Waals surface area contributed by atoms with Gasteiger partial charge in [-0.25, -0.2) is 4.98 Å². The molecule has 1 amide bonds. The van der Waals surface area contributed by atoms with Crippen LogP contribution in [0.1, 0.15) is 47.1 Å². The summed E-state index contributed by atoms with van der Waals surface area (Å²) in [7, 11) is 0. The summed E-state index contributed by atoms with van der Waals surface area (Å²) < 4.78 is 7.36. The predicted molar refractivity (Wildman–Crippen MR) is 106 cm³/mol. The molecule has 0 N–H and O–H groups in total. The summed E-state index contributed by atoms with van der Waals surface area (Å²) in [5.74, 6) is -0.329. The summed E-state index contributed by atoms with van der Waals surface area (Å²) in [4.78, 5) is 32.6. The smallest absolute Gasteiger partial charge is 0.320 e. The van der Waals surface area contributed by atoms with Crippen LogP contribution in [0, 0.1) is 17.8 Å². The van der Waals surface area contributed by atoms with Gasteiger partial charge in [0, 0.05) is 6.54 Å². The van der Waals surface area contributed by atoms with Crippen LogP contribution in [0.25, 0.3) is 11.0 Å². The van der Waals surface area contributed by atoms with Crippen LogP contribution < -0.4 is 4.90 Å². The molecule has 0 bridgehead atoms. The molecule has 146 valence electrons. The normalized spacial score (nSPS) is 19.8. The Bertz CT molecular complexity index is 840. The number of nitrogens with zero attached hydrogens (tertiary/aromatic N) is 3. The number of benzene rings is 1. The number of anilines is 1. The van der Waals surface area contributed by atoms with E-state index in [1.54, 1.807) is 11.8 Å². The van der Waals surface area contributed by atoms with Crippen LogP contribution in [0.2, 0.25) is 0 Å². The van der Waals surface area contributed by atoms with E-state index >= 15 is 0 Å². The minimum Gasteiger partial charge on any atom is -0.465 e. The zero-order valence-corrected chi connectivity index (χ0v) is 16.8. The third-order valence-corrected chi connectivity index (χ3v) is 5.14. The maximum atomic E-state index is 13.4. The van der Waals surface area contributed by atoms with E-state index < -0.39 is 11.9 Å². The van der Waals surface area contributed by atoms with E-state index in [0.29, 0.717) is 18.4 Å². The Morgan fingerprint density at radius 3 is 2.56 bits per heavy atom. The van der Waals surface area contributed by atoms with Crippen molar-refractivity contribution in [1.82, 2.24) is 9.55 Å². The lowest BCUT2D eigenvalue weighted by Gasteiger charge is -2.39. The fourth-order valence-electron chi connectivity index (χ4n) is 3.83. The van der Waals surface area contributed by atoms with Gasteiger partial charge in [0.15, 0.2) is 5.92 Å². The number of aromatic nitrogens is 2. The fraction of sp³-hybridized carbons (Fsp3) is 0.571. The quantitative estimate of drug-likeness (QED) is 0.572. The molecule has 2 heterocycles. The summed E-state index contributed by atoms with van der Waals surface area (Å²) in [5.41, 5.74) is 1.78. The molecule has 2 unspecified atom stereocenters. The van der Waals surface area contributed by atoms with Crippen LogP contribution in [0.15, 0.2) is 24.3 Å². The van der Waals surface area contributed by atoms with Gasteiger partial charge in [-0.3, -0.25) is 14.5 Å². The van der Waals surface area contributed by atoms with Crippen molar-refractivity contribution in [2.45, 2.75) is 47.1 Å². The first-order chi connectivity index (χ1) is 12.9. The van der Waals surface area contributed by atoms with Crippen LogP contribution in [0.4, 0.5) is 5.95 Å². The highest BCUT2D eigenvalue weighted by atomic mass is 16.5. The van der Waals surface area contributed by atoms with Crippen molar-refractivity contribution >= 4 is 28.9 Å². The second-order valence-corrected chi connectivity index (χ2v) is 7.91.